The van der Waals surface area contributed by atoms with Crippen molar-refractivity contribution in [1.29, 1.82) is 0 Å². The summed E-state index contributed by atoms with van der Waals surface area (Å²) in [7, 11) is 0. The van der Waals surface area contributed by atoms with Crippen molar-refractivity contribution in [1.82, 2.24) is 4.57 Å². The highest BCUT2D eigenvalue weighted by Crippen LogP contribution is 2.38. The average molecular weight is 811 g/mol. The van der Waals surface area contributed by atoms with Gasteiger partial charge in [-0.05, 0) is 78.9 Å². The number of rotatable bonds is 10. The van der Waals surface area contributed by atoms with Gasteiger partial charge in [0.05, 0.1) is 27.8 Å². The first-order valence-corrected chi connectivity index (χ1v) is 18.0. The summed E-state index contributed by atoms with van der Waals surface area (Å²) < 4.78 is 67.3. The van der Waals surface area contributed by atoms with Gasteiger partial charge in [0.1, 0.15) is 18.3 Å². The predicted molar refractivity (Wildman–Crippen MR) is 205 cm³/mol. The molecule has 0 aliphatic carbocycles. The maximum absolute atomic E-state index is 14.1. The number of carbonyl (C=O) groups is 4. The monoisotopic (exact) mass is 810 g/mol. The molecule has 1 aliphatic heterocycles. The van der Waals surface area contributed by atoms with Crippen LogP contribution in [-0.4, -0.2) is 53.3 Å². The number of amides is 1. The number of hydrogen-bond donors (Lipinski definition) is 1. The lowest BCUT2D eigenvalue weighted by Crippen LogP contribution is -2.41. The van der Waals surface area contributed by atoms with Crippen LogP contribution < -0.4 is 10.7 Å². The number of aromatic nitrogens is 1. The molecule has 1 amide bonds. The topological polar surface area (TPSA) is 139 Å². The number of fused-ring (bicyclic) bond motifs is 1. The fourth-order valence-electron chi connectivity index (χ4n) is 6.32. The molecule has 0 bridgehead atoms. The first-order chi connectivity index (χ1) is 27.9. The van der Waals surface area contributed by atoms with Crippen molar-refractivity contribution in [3.63, 3.8) is 0 Å². The Morgan fingerprint density at radius 1 is 0.707 bits per heavy atom. The number of alkyl halides is 3. The largest absolute Gasteiger partial charge is 0.459 e. The number of nitrogens with one attached hydrogen (secondary N) is 1. The van der Waals surface area contributed by atoms with Gasteiger partial charge < -0.3 is 28.8 Å². The van der Waals surface area contributed by atoms with Crippen LogP contribution in [0.15, 0.2) is 144 Å². The van der Waals surface area contributed by atoms with E-state index < -0.39 is 83.1 Å². The van der Waals surface area contributed by atoms with Gasteiger partial charge in [0.2, 0.25) is 5.43 Å². The molecule has 0 spiro atoms. The van der Waals surface area contributed by atoms with Gasteiger partial charge in [-0.1, -0.05) is 66.2 Å². The van der Waals surface area contributed by atoms with E-state index in [0.29, 0.717) is 11.1 Å². The lowest BCUT2D eigenvalue weighted by molar-refractivity contribution is -0.137. The van der Waals surface area contributed by atoms with E-state index in [2.05, 4.69) is 5.32 Å². The van der Waals surface area contributed by atoms with Gasteiger partial charge in [-0.3, -0.25) is 9.59 Å². The van der Waals surface area contributed by atoms with Crippen LogP contribution in [0, 0.1) is 0 Å². The number of esters is 3. The Morgan fingerprint density at radius 2 is 1.24 bits per heavy atom. The zero-order valence-electron chi connectivity index (χ0n) is 29.9. The van der Waals surface area contributed by atoms with Gasteiger partial charge in [0.25, 0.3) is 5.91 Å². The van der Waals surface area contributed by atoms with Crippen molar-refractivity contribution < 1.29 is 51.3 Å². The molecule has 1 fully saturated rings. The number of halogens is 4. The smallest absolute Gasteiger partial charge is 0.416 e. The molecule has 1 aromatic heterocycles. The summed E-state index contributed by atoms with van der Waals surface area (Å²) in [5.74, 6) is -3.56. The molecule has 5 aromatic carbocycles. The predicted octanol–water partition coefficient (Wildman–Crippen LogP) is 8.13. The molecule has 294 valence electrons. The van der Waals surface area contributed by atoms with Crippen LogP contribution >= 0.6 is 11.6 Å². The van der Waals surface area contributed by atoms with E-state index in [1.54, 1.807) is 54.6 Å². The molecule has 0 saturated carbocycles. The molecule has 4 atom stereocenters. The summed E-state index contributed by atoms with van der Waals surface area (Å²) >= 11 is 5.98. The van der Waals surface area contributed by atoms with E-state index in [4.69, 9.17) is 30.5 Å². The molecule has 7 rings (SSSR count). The van der Waals surface area contributed by atoms with Gasteiger partial charge in [0.15, 0.2) is 18.4 Å². The summed E-state index contributed by atoms with van der Waals surface area (Å²) in [6.07, 6.45) is -9.98. The minimum absolute atomic E-state index is 0.0796. The van der Waals surface area contributed by atoms with Crippen LogP contribution in [0.1, 0.15) is 53.2 Å². The molecule has 1 saturated heterocycles. The third-order valence-corrected chi connectivity index (χ3v) is 9.41. The number of hydrogen-bond acceptors (Lipinski definition) is 9. The van der Waals surface area contributed by atoms with Crippen molar-refractivity contribution in [2.45, 2.75) is 30.7 Å². The number of carbonyl (C=O) groups excluding carboxylic acids is 4. The van der Waals surface area contributed by atoms with Crippen LogP contribution in [0.3, 0.4) is 0 Å². The van der Waals surface area contributed by atoms with Crippen molar-refractivity contribution in [3.8, 4) is 0 Å². The Hall–Kier alpha value is -6.77. The van der Waals surface area contributed by atoms with E-state index in [1.165, 1.54) is 60.7 Å². The molecule has 1 N–H and O–H groups in total. The first kappa shape index (κ1) is 39.5. The quantitative estimate of drug-likeness (QED) is 0.107. The van der Waals surface area contributed by atoms with Gasteiger partial charge >= 0.3 is 24.1 Å². The Kier molecular flexibility index (Phi) is 11.4. The molecule has 11 nitrogen and oxygen atoms in total. The van der Waals surface area contributed by atoms with Crippen LogP contribution in [0.5, 0.6) is 0 Å². The minimum atomic E-state index is -4.88. The maximum Gasteiger partial charge on any atom is 0.416 e. The molecule has 58 heavy (non-hydrogen) atoms. The minimum Gasteiger partial charge on any atom is -0.459 e. The van der Waals surface area contributed by atoms with Crippen LogP contribution in [0.25, 0.3) is 10.9 Å². The third-order valence-electron chi connectivity index (χ3n) is 9.16. The molecular formula is C43H30ClF3N2O9. The van der Waals surface area contributed by atoms with Gasteiger partial charge in [-0.25, -0.2) is 14.4 Å². The number of nitrogens with zero attached hydrogens (tertiary/aromatic N) is 1. The first-order valence-electron chi connectivity index (χ1n) is 17.6. The Bertz CT molecular complexity index is 2540. The van der Waals surface area contributed by atoms with E-state index >= 15 is 0 Å². The van der Waals surface area contributed by atoms with Crippen LogP contribution in [-0.2, 0) is 25.1 Å². The normalized spacial score (nSPS) is 17.7. The second-order valence-electron chi connectivity index (χ2n) is 13.0. The molecule has 15 heteroatoms. The summed E-state index contributed by atoms with van der Waals surface area (Å²) in [6, 6.07) is 31.7. The Labute approximate surface area is 332 Å². The summed E-state index contributed by atoms with van der Waals surface area (Å²) in [5, 5.41) is 2.36. The number of pyridine rings is 1. The maximum atomic E-state index is 14.1. The fraction of sp³-hybridized carbons (Fsp3) is 0.140. The zero-order chi connectivity index (χ0) is 41.0. The number of ether oxygens (including phenoxy) is 4. The lowest BCUT2D eigenvalue weighted by atomic mass is 10.1. The van der Waals surface area contributed by atoms with E-state index in [1.807, 2.05) is 0 Å². The summed E-state index contributed by atoms with van der Waals surface area (Å²) in [4.78, 5) is 68.2. The third kappa shape index (κ3) is 8.62. The van der Waals surface area contributed by atoms with Crippen LogP contribution in [0.4, 0.5) is 18.9 Å². The number of anilines is 1. The van der Waals surface area contributed by atoms with Crippen molar-refractivity contribution in [2.24, 2.45) is 0 Å². The van der Waals surface area contributed by atoms with E-state index in [9.17, 15) is 37.1 Å². The molecule has 0 radical (unpaired) electrons. The fourth-order valence-corrected chi connectivity index (χ4v) is 6.44. The van der Waals surface area contributed by atoms with Crippen molar-refractivity contribution >= 4 is 52.0 Å². The summed E-state index contributed by atoms with van der Waals surface area (Å²) in [5.41, 5.74) is -2.43. The summed E-state index contributed by atoms with van der Waals surface area (Å²) in [6.45, 7) is -0.573. The van der Waals surface area contributed by atoms with Crippen molar-refractivity contribution in [3.05, 3.63) is 183 Å². The molecule has 1 aliphatic rings. The van der Waals surface area contributed by atoms with Crippen LogP contribution in [0.2, 0.25) is 5.02 Å². The average Bonchev–Trinajstić information content (AvgIpc) is 3.56. The zero-order valence-corrected chi connectivity index (χ0v) is 30.7. The highest BCUT2D eigenvalue weighted by molar-refractivity contribution is 6.30. The van der Waals surface area contributed by atoms with E-state index in [0.717, 1.165) is 22.9 Å². The Morgan fingerprint density at radius 3 is 1.79 bits per heavy atom. The van der Waals surface area contributed by atoms with Gasteiger partial charge in [-0.2, -0.15) is 13.2 Å². The highest BCUT2D eigenvalue weighted by atomic mass is 35.5. The lowest BCUT2D eigenvalue weighted by Gasteiger charge is -2.26. The second-order valence-corrected chi connectivity index (χ2v) is 13.4. The molecule has 6 aromatic rings. The van der Waals surface area contributed by atoms with Gasteiger partial charge in [-0.15, -0.1) is 0 Å². The van der Waals surface area contributed by atoms with Gasteiger partial charge in [0, 0.05) is 22.3 Å². The highest BCUT2D eigenvalue weighted by Gasteiger charge is 2.52. The molecule has 0 unspecified atom stereocenters. The number of benzene rings is 5. The molecule has 2 heterocycles. The van der Waals surface area contributed by atoms with E-state index in [-0.39, 0.29) is 27.9 Å². The van der Waals surface area contributed by atoms with Crippen molar-refractivity contribution in [2.75, 3.05) is 11.9 Å². The Balaban J connectivity index is 1.37. The SMILES string of the molecule is O=C(OC[C@H]1O[C@@H](n2cc(C(=O)Nc3ccc(Cl)cc3)c(=O)c3cc(C(F)(F)F)ccc32)[C@H](OC(=O)c2ccccc2)[C@@H]1OC(=O)c1ccccc1)c1ccccc1. The second kappa shape index (κ2) is 16.8. The molecular weight excluding hydrogens is 781 g/mol. The standard InChI is InChI=1S/C43H30ClF3N2O9/c44-29-17-19-30(20-18-29)48-38(51)32-23-49(33-21-16-28(43(45,46)47)22-31(33)35(32)50)39-37(58-42(54)27-14-8-3-9-15-27)36(57-41(53)26-12-6-2-7-13-26)34(56-39)24-55-40(52)25-10-4-1-5-11-25/h1-23,34,36-37,39H,24H2,(H,48,51)/t34-,36-,37-,39-/m1/s1.